The lowest BCUT2D eigenvalue weighted by molar-refractivity contribution is -0.143. The van der Waals surface area contributed by atoms with Gasteiger partial charge < -0.3 is 14.2 Å². The Balaban J connectivity index is 3.08. The standard InChI is InChI=1S/C17H22O5/c1-12(2)11-22-15-8-6-5-7-13(15)9-14(17(19)21-4)10-16(18)20-3/h5-9,12H,10-11H2,1-4H3. The molecule has 0 radical (unpaired) electrons. The van der Waals surface area contributed by atoms with E-state index in [2.05, 4.69) is 18.6 Å². The van der Waals surface area contributed by atoms with Crippen molar-refractivity contribution in [3.05, 3.63) is 35.4 Å². The van der Waals surface area contributed by atoms with Crippen LogP contribution in [0.2, 0.25) is 0 Å². The molecule has 5 heteroatoms. The van der Waals surface area contributed by atoms with Gasteiger partial charge in [0.05, 0.1) is 27.2 Å². The summed E-state index contributed by atoms with van der Waals surface area (Å²) >= 11 is 0. The third kappa shape index (κ3) is 5.60. The van der Waals surface area contributed by atoms with E-state index in [0.717, 1.165) is 0 Å². The van der Waals surface area contributed by atoms with Crippen molar-refractivity contribution in [2.75, 3.05) is 20.8 Å². The predicted molar refractivity (Wildman–Crippen MR) is 83.4 cm³/mol. The summed E-state index contributed by atoms with van der Waals surface area (Å²) in [4.78, 5) is 23.2. The SMILES string of the molecule is COC(=O)CC(=Cc1ccccc1OCC(C)C)C(=O)OC. The van der Waals surface area contributed by atoms with E-state index in [4.69, 9.17) is 9.47 Å². The molecule has 1 aromatic carbocycles. The van der Waals surface area contributed by atoms with Gasteiger partial charge in [-0.2, -0.15) is 0 Å². The number of hydrogen-bond donors (Lipinski definition) is 0. The average Bonchev–Trinajstić information content (AvgIpc) is 2.52. The first-order valence-electron chi connectivity index (χ1n) is 7.05. The molecule has 0 amide bonds. The van der Waals surface area contributed by atoms with Gasteiger partial charge >= 0.3 is 11.9 Å². The molecule has 0 bridgehead atoms. The fraction of sp³-hybridized carbons (Fsp3) is 0.412. The van der Waals surface area contributed by atoms with E-state index in [1.807, 2.05) is 24.3 Å². The summed E-state index contributed by atoms with van der Waals surface area (Å²) in [5.74, 6) is -0.0315. The molecule has 0 aromatic heterocycles. The topological polar surface area (TPSA) is 61.8 Å². The van der Waals surface area contributed by atoms with Crippen molar-refractivity contribution in [2.45, 2.75) is 20.3 Å². The van der Waals surface area contributed by atoms with Crippen LogP contribution in [0.15, 0.2) is 29.8 Å². The highest BCUT2D eigenvalue weighted by atomic mass is 16.5. The van der Waals surface area contributed by atoms with E-state index >= 15 is 0 Å². The highest BCUT2D eigenvalue weighted by Crippen LogP contribution is 2.23. The molecule has 0 fully saturated rings. The first kappa shape index (κ1) is 17.8. The van der Waals surface area contributed by atoms with Crippen LogP contribution in [-0.4, -0.2) is 32.8 Å². The molecule has 5 nitrogen and oxygen atoms in total. The number of benzene rings is 1. The second-order valence-corrected chi connectivity index (χ2v) is 5.16. The van der Waals surface area contributed by atoms with Crippen LogP contribution in [0, 0.1) is 5.92 Å². The lowest BCUT2D eigenvalue weighted by Crippen LogP contribution is -2.11. The maximum atomic E-state index is 11.8. The number of rotatable bonds is 7. The van der Waals surface area contributed by atoms with Crippen LogP contribution in [0.4, 0.5) is 0 Å². The summed E-state index contributed by atoms with van der Waals surface area (Å²) in [6, 6.07) is 7.32. The van der Waals surface area contributed by atoms with Crippen molar-refractivity contribution in [1.29, 1.82) is 0 Å². The molecule has 0 spiro atoms. The lowest BCUT2D eigenvalue weighted by atomic mass is 10.1. The molecule has 0 N–H and O–H groups in total. The highest BCUT2D eigenvalue weighted by Gasteiger charge is 2.16. The van der Waals surface area contributed by atoms with E-state index in [1.165, 1.54) is 14.2 Å². The monoisotopic (exact) mass is 306 g/mol. The summed E-state index contributed by atoms with van der Waals surface area (Å²) in [5, 5.41) is 0. The van der Waals surface area contributed by atoms with Crippen LogP contribution < -0.4 is 4.74 Å². The van der Waals surface area contributed by atoms with Crippen molar-refractivity contribution in [1.82, 2.24) is 0 Å². The number of ether oxygens (including phenoxy) is 3. The second-order valence-electron chi connectivity index (χ2n) is 5.16. The van der Waals surface area contributed by atoms with Crippen molar-refractivity contribution in [3.63, 3.8) is 0 Å². The van der Waals surface area contributed by atoms with Gasteiger partial charge in [0, 0.05) is 11.1 Å². The quantitative estimate of drug-likeness (QED) is 0.572. The van der Waals surface area contributed by atoms with Crippen LogP contribution >= 0.6 is 0 Å². The summed E-state index contributed by atoms with van der Waals surface area (Å²) in [5.41, 5.74) is 0.933. The molecule has 0 aliphatic carbocycles. The fourth-order valence-electron chi connectivity index (χ4n) is 1.72. The van der Waals surface area contributed by atoms with Crippen LogP contribution in [0.25, 0.3) is 6.08 Å². The Morgan fingerprint density at radius 2 is 1.82 bits per heavy atom. The maximum Gasteiger partial charge on any atom is 0.334 e. The summed E-state index contributed by atoms with van der Waals surface area (Å²) < 4.78 is 15.0. The van der Waals surface area contributed by atoms with Gasteiger partial charge in [0.25, 0.3) is 0 Å². The Kier molecular flexibility index (Phi) is 7.16. The third-order valence-corrected chi connectivity index (χ3v) is 2.83. The van der Waals surface area contributed by atoms with Crippen LogP contribution in [-0.2, 0) is 19.1 Å². The Morgan fingerprint density at radius 3 is 2.41 bits per heavy atom. The number of carbonyl (C=O) groups excluding carboxylic acids is 2. The van der Waals surface area contributed by atoms with Gasteiger partial charge in [0.2, 0.25) is 0 Å². The van der Waals surface area contributed by atoms with Crippen LogP contribution in [0.3, 0.4) is 0 Å². The highest BCUT2D eigenvalue weighted by molar-refractivity contribution is 5.98. The first-order valence-corrected chi connectivity index (χ1v) is 7.05. The number of hydrogen-bond acceptors (Lipinski definition) is 5. The molecular weight excluding hydrogens is 284 g/mol. The number of esters is 2. The predicted octanol–water partition coefficient (Wildman–Crippen LogP) is 2.84. The molecule has 0 heterocycles. The zero-order chi connectivity index (χ0) is 16.5. The van der Waals surface area contributed by atoms with Gasteiger partial charge in [0.1, 0.15) is 5.75 Å². The van der Waals surface area contributed by atoms with Crippen molar-refractivity contribution < 1.29 is 23.8 Å². The number of methoxy groups -OCH3 is 2. The van der Waals surface area contributed by atoms with Crippen LogP contribution in [0.1, 0.15) is 25.8 Å². The van der Waals surface area contributed by atoms with Crippen molar-refractivity contribution in [2.24, 2.45) is 5.92 Å². The Morgan fingerprint density at radius 1 is 1.14 bits per heavy atom. The first-order chi connectivity index (χ1) is 10.5. The molecular formula is C17H22O5. The van der Waals surface area contributed by atoms with Gasteiger partial charge in [-0.3, -0.25) is 4.79 Å². The number of para-hydroxylation sites is 1. The molecule has 22 heavy (non-hydrogen) atoms. The lowest BCUT2D eigenvalue weighted by Gasteiger charge is -2.12. The zero-order valence-electron chi connectivity index (χ0n) is 13.4. The number of carbonyl (C=O) groups is 2. The van der Waals surface area contributed by atoms with E-state index in [9.17, 15) is 9.59 Å². The minimum absolute atomic E-state index is 0.151. The molecule has 1 aromatic rings. The third-order valence-electron chi connectivity index (χ3n) is 2.83. The van der Waals surface area contributed by atoms with Crippen molar-refractivity contribution in [3.8, 4) is 5.75 Å². The molecule has 0 saturated carbocycles. The van der Waals surface area contributed by atoms with E-state index < -0.39 is 11.9 Å². The smallest absolute Gasteiger partial charge is 0.334 e. The van der Waals surface area contributed by atoms with Gasteiger partial charge in [-0.25, -0.2) is 4.79 Å². The van der Waals surface area contributed by atoms with Gasteiger partial charge in [-0.1, -0.05) is 32.0 Å². The molecule has 0 saturated heterocycles. The van der Waals surface area contributed by atoms with Gasteiger partial charge in [-0.05, 0) is 18.1 Å². The minimum atomic E-state index is -0.566. The Hall–Kier alpha value is -2.30. The van der Waals surface area contributed by atoms with E-state index in [0.29, 0.717) is 23.8 Å². The largest absolute Gasteiger partial charge is 0.493 e. The molecule has 1 rings (SSSR count). The minimum Gasteiger partial charge on any atom is -0.493 e. The Bertz CT molecular complexity index is 546. The second kappa shape index (κ2) is 8.87. The van der Waals surface area contributed by atoms with Gasteiger partial charge in [-0.15, -0.1) is 0 Å². The van der Waals surface area contributed by atoms with Crippen molar-refractivity contribution >= 4 is 18.0 Å². The molecule has 0 atom stereocenters. The normalized spacial score (nSPS) is 11.2. The zero-order valence-corrected chi connectivity index (χ0v) is 13.4. The molecule has 0 aliphatic rings. The van der Waals surface area contributed by atoms with E-state index in [-0.39, 0.29) is 12.0 Å². The summed E-state index contributed by atoms with van der Waals surface area (Å²) in [6.07, 6.45) is 1.44. The Labute approximate surface area is 130 Å². The molecule has 0 aliphatic heterocycles. The molecule has 120 valence electrons. The van der Waals surface area contributed by atoms with E-state index in [1.54, 1.807) is 6.08 Å². The van der Waals surface area contributed by atoms with Gasteiger partial charge in [0.15, 0.2) is 0 Å². The summed E-state index contributed by atoms with van der Waals surface area (Å²) in [6.45, 7) is 4.67. The fourth-order valence-corrected chi connectivity index (χ4v) is 1.72. The average molecular weight is 306 g/mol. The maximum absolute atomic E-state index is 11.8. The molecule has 0 unspecified atom stereocenters. The summed E-state index contributed by atoms with van der Waals surface area (Å²) in [7, 11) is 2.55. The van der Waals surface area contributed by atoms with Crippen LogP contribution in [0.5, 0.6) is 5.75 Å².